The van der Waals surface area contributed by atoms with Gasteiger partial charge in [-0.3, -0.25) is 9.36 Å². The fourth-order valence-electron chi connectivity index (χ4n) is 1.37. The number of anilines is 1. The highest BCUT2D eigenvalue weighted by atomic mass is 19.1. The molecule has 88 valence electrons. The molecule has 1 aromatic heterocycles. The van der Waals surface area contributed by atoms with Crippen molar-refractivity contribution in [2.24, 2.45) is 0 Å². The maximum atomic E-state index is 13.2. The van der Waals surface area contributed by atoms with Crippen molar-refractivity contribution in [3.8, 4) is 5.69 Å². The molecule has 1 heterocycles. The molecule has 6 heteroatoms. The topological polar surface area (TPSA) is 48.0 Å². The Labute approximate surface area is 93.9 Å². The van der Waals surface area contributed by atoms with Gasteiger partial charge in [0.15, 0.2) is 5.82 Å². The molecule has 17 heavy (non-hydrogen) atoms. The number of halogens is 3. The van der Waals surface area contributed by atoms with Crippen LogP contribution in [0.4, 0.5) is 18.9 Å². The van der Waals surface area contributed by atoms with Gasteiger partial charge in [-0.1, -0.05) is 0 Å². The summed E-state index contributed by atoms with van der Waals surface area (Å²) in [5, 5.41) is 0. The second-order valence-electron chi connectivity index (χ2n) is 3.39. The molecule has 0 fully saturated rings. The number of pyridine rings is 1. The Kier molecular flexibility index (Phi) is 2.63. The largest absolute Gasteiger partial charge is 0.396 e. The van der Waals surface area contributed by atoms with Gasteiger partial charge in [0.05, 0.1) is 11.4 Å². The Hall–Kier alpha value is -2.24. The zero-order valence-corrected chi connectivity index (χ0v) is 8.45. The van der Waals surface area contributed by atoms with Gasteiger partial charge >= 0.3 is 0 Å². The SMILES string of the molecule is Nc1ccc(-n2cc(F)cc(F)c2=O)cc1F. The van der Waals surface area contributed by atoms with Gasteiger partial charge in [-0.15, -0.1) is 0 Å². The van der Waals surface area contributed by atoms with Gasteiger partial charge in [0.1, 0.15) is 11.6 Å². The number of hydrogen-bond acceptors (Lipinski definition) is 2. The molecular weight excluding hydrogens is 233 g/mol. The predicted octanol–water partition coefficient (Wildman–Crippen LogP) is 1.84. The average Bonchev–Trinajstić information content (AvgIpc) is 2.27. The standard InChI is InChI=1S/C11H7F3N2O/c12-6-3-9(14)11(17)16(5-6)7-1-2-10(15)8(13)4-7/h1-5H,15H2. The number of rotatable bonds is 1. The average molecular weight is 240 g/mol. The van der Waals surface area contributed by atoms with Crippen molar-refractivity contribution >= 4 is 5.69 Å². The number of nitrogens with zero attached hydrogens (tertiary/aromatic N) is 1. The summed E-state index contributed by atoms with van der Waals surface area (Å²) < 4.78 is 39.8. The summed E-state index contributed by atoms with van der Waals surface area (Å²) in [6.07, 6.45) is 0.774. The van der Waals surface area contributed by atoms with Crippen LogP contribution in [0, 0.1) is 17.5 Å². The maximum absolute atomic E-state index is 13.2. The summed E-state index contributed by atoms with van der Waals surface area (Å²) in [6.45, 7) is 0. The smallest absolute Gasteiger partial charge is 0.291 e. The lowest BCUT2D eigenvalue weighted by Crippen LogP contribution is -2.21. The molecule has 2 rings (SSSR count). The summed E-state index contributed by atoms with van der Waals surface area (Å²) in [5.74, 6) is -2.94. The van der Waals surface area contributed by atoms with Crippen molar-refractivity contribution < 1.29 is 13.2 Å². The van der Waals surface area contributed by atoms with E-state index in [9.17, 15) is 18.0 Å². The number of nitrogens with two attached hydrogens (primary N) is 1. The highest BCUT2D eigenvalue weighted by molar-refractivity contribution is 5.46. The van der Waals surface area contributed by atoms with Crippen molar-refractivity contribution in [3.05, 3.63) is 58.3 Å². The molecule has 0 radical (unpaired) electrons. The fourth-order valence-corrected chi connectivity index (χ4v) is 1.37. The second-order valence-corrected chi connectivity index (χ2v) is 3.39. The van der Waals surface area contributed by atoms with Crippen LogP contribution in [-0.2, 0) is 0 Å². The highest BCUT2D eigenvalue weighted by Gasteiger charge is 2.09. The third-order valence-corrected chi connectivity index (χ3v) is 2.20. The monoisotopic (exact) mass is 240 g/mol. The van der Waals surface area contributed by atoms with E-state index in [1.807, 2.05) is 0 Å². The minimum Gasteiger partial charge on any atom is -0.396 e. The molecule has 0 amide bonds. The Bertz CT molecular complexity index is 637. The first-order chi connectivity index (χ1) is 7.99. The summed E-state index contributed by atoms with van der Waals surface area (Å²) in [7, 11) is 0. The van der Waals surface area contributed by atoms with Crippen molar-refractivity contribution in [2.45, 2.75) is 0 Å². The predicted molar refractivity (Wildman–Crippen MR) is 56.3 cm³/mol. The first-order valence-corrected chi connectivity index (χ1v) is 4.62. The number of hydrogen-bond donors (Lipinski definition) is 1. The zero-order chi connectivity index (χ0) is 12.6. The lowest BCUT2D eigenvalue weighted by atomic mass is 10.2. The van der Waals surface area contributed by atoms with E-state index in [0.717, 1.165) is 12.3 Å². The molecule has 0 spiro atoms. The van der Waals surface area contributed by atoms with Crippen LogP contribution in [-0.4, -0.2) is 4.57 Å². The van der Waals surface area contributed by atoms with Crippen LogP contribution in [0.2, 0.25) is 0 Å². The molecular formula is C11H7F3N2O. The number of aromatic nitrogens is 1. The Balaban J connectivity index is 2.68. The van der Waals surface area contributed by atoms with Crippen molar-refractivity contribution in [1.82, 2.24) is 4.57 Å². The third kappa shape index (κ3) is 2.01. The summed E-state index contributed by atoms with van der Waals surface area (Å²) in [4.78, 5) is 11.4. The Morgan fingerprint density at radius 3 is 2.41 bits per heavy atom. The van der Waals surface area contributed by atoms with Crippen LogP contribution in [0.1, 0.15) is 0 Å². The summed E-state index contributed by atoms with van der Waals surface area (Å²) in [6, 6.07) is 3.89. The minimum atomic E-state index is -1.25. The van der Waals surface area contributed by atoms with E-state index in [2.05, 4.69) is 0 Å². The molecule has 0 atom stereocenters. The van der Waals surface area contributed by atoms with E-state index in [-0.39, 0.29) is 11.4 Å². The minimum absolute atomic E-state index is 0.0000926. The van der Waals surface area contributed by atoms with Crippen molar-refractivity contribution in [1.29, 1.82) is 0 Å². The van der Waals surface area contributed by atoms with Gasteiger partial charge in [-0.05, 0) is 12.1 Å². The van der Waals surface area contributed by atoms with Crippen LogP contribution in [0.5, 0.6) is 0 Å². The third-order valence-electron chi connectivity index (χ3n) is 2.20. The normalized spacial score (nSPS) is 10.5. The molecule has 0 aliphatic heterocycles. The Morgan fingerprint density at radius 2 is 1.76 bits per heavy atom. The lowest BCUT2D eigenvalue weighted by molar-refractivity contribution is 0.552. The van der Waals surface area contributed by atoms with Gasteiger partial charge < -0.3 is 5.73 Å². The molecule has 0 saturated heterocycles. The van der Waals surface area contributed by atoms with E-state index in [1.54, 1.807) is 0 Å². The van der Waals surface area contributed by atoms with E-state index < -0.39 is 23.0 Å². The van der Waals surface area contributed by atoms with E-state index in [0.29, 0.717) is 10.6 Å². The molecule has 0 unspecified atom stereocenters. The quantitative estimate of drug-likeness (QED) is 0.773. The van der Waals surface area contributed by atoms with Gasteiger partial charge in [-0.2, -0.15) is 0 Å². The van der Waals surface area contributed by atoms with Crippen molar-refractivity contribution in [2.75, 3.05) is 5.73 Å². The molecule has 0 bridgehead atoms. The lowest BCUT2D eigenvalue weighted by Gasteiger charge is -2.07. The van der Waals surface area contributed by atoms with E-state index in [4.69, 9.17) is 5.73 Å². The fraction of sp³-hybridized carbons (Fsp3) is 0. The maximum Gasteiger partial charge on any atom is 0.291 e. The zero-order valence-electron chi connectivity index (χ0n) is 8.45. The van der Waals surface area contributed by atoms with Gasteiger partial charge in [0, 0.05) is 18.3 Å². The van der Waals surface area contributed by atoms with Gasteiger partial charge in [-0.25, -0.2) is 13.2 Å². The molecule has 2 aromatic rings. The first kappa shape index (κ1) is 11.3. The summed E-state index contributed by atoms with van der Waals surface area (Å²) in [5.41, 5.74) is 4.08. The van der Waals surface area contributed by atoms with Crippen LogP contribution >= 0.6 is 0 Å². The van der Waals surface area contributed by atoms with Crippen LogP contribution < -0.4 is 11.3 Å². The van der Waals surface area contributed by atoms with E-state index >= 15 is 0 Å². The summed E-state index contributed by atoms with van der Waals surface area (Å²) >= 11 is 0. The van der Waals surface area contributed by atoms with Gasteiger partial charge in [0.2, 0.25) is 0 Å². The van der Waals surface area contributed by atoms with Crippen LogP contribution in [0.15, 0.2) is 35.3 Å². The Morgan fingerprint density at radius 1 is 1.06 bits per heavy atom. The van der Waals surface area contributed by atoms with Crippen LogP contribution in [0.3, 0.4) is 0 Å². The van der Waals surface area contributed by atoms with E-state index in [1.165, 1.54) is 12.1 Å². The van der Waals surface area contributed by atoms with Gasteiger partial charge in [0.25, 0.3) is 5.56 Å². The van der Waals surface area contributed by atoms with Crippen LogP contribution in [0.25, 0.3) is 5.69 Å². The second kappa shape index (κ2) is 3.97. The number of benzene rings is 1. The molecule has 2 N–H and O–H groups in total. The number of nitrogen functional groups attached to an aromatic ring is 1. The first-order valence-electron chi connectivity index (χ1n) is 4.62. The molecule has 0 aliphatic carbocycles. The molecule has 1 aromatic carbocycles. The molecule has 3 nitrogen and oxygen atoms in total. The highest BCUT2D eigenvalue weighted by Crippen LogP contribution is 2.14. The molecule has 0 aliphatic rings. The van der Waals surface area contributed by atoms with Crippen molar-refractivity contribution in [3.63, 3.8) is 0 Å². The molecule has 0 saturated carbocycles.